The molecular formula is C15H16N4O. The zero-order valence-corrected chi connectivity index (χ0v) is 11.5. The molecule has 0 bridgehead atoms. The molecule has 2 heterocycles. The molecule has 5 heteroatoms. The average molecular weight is 268 g/mol. The summed E-state index contributed by atoms with van der Waals surface area (Å²) in [5.74, 6) is 0.701. The van der Waals surface area contributed by atoms with Gasteiger partial charge >= 0.3 is 0 Å². The van der Waals surface area contributed by atoms with Crippen molar-refractivity contribution >= 4 is 17.5 Å². The van der Waals surface area contributed by atoms with Crippen LogP contribution in [0.1, 0.15) is 17.7 Å². The average Bonchev–Trinajstić information content (AvgIpc) is 2.46. The van der Waals surface area contributed by atoms with Gasteiger partial charge in [-0.15, -0.1) is 0 Å². The van der Waals surface area contributed by atoms with Gasteiger partial charge in [0.1, 0.15) is 0 Å². The van der Waals surface area contributed by atoms with E-state index in [4.69, 9.17) is 0 Å². The largest absolute Gasteiger partial charge is 0.357 e. The molecule has 1 aromatic heterocycles. The van der Waals surface area contributed by atoms with E-state index >= 15 is 0 Å². The minimum absolute atomic E-state index is 0.0839. The van der Waals surface area contributed by atoms with Gasteiger partial charge in [-0.05, 0) is 37.1 Å². The lowest BCUT2D eigenvalue weighted by molar-refractivity contribution is -0.116. The number of rotatable bonds is 2. The fraction of sp³-hybridized carbons (Fsp3) is 0.267. The van der Waals surface area contributed by atoms with E-state index in [9.17, 15) is 4.79 Å². The van der Waals surface area contributed by atoms with Crippen LogP contribution in [0.4, 0.5) is 11.6 Å². The lowest BCUT2D eigenvalue weighted by atomic mass is 9.99. The monoisotopic (exact) mass is 268 g/mol. The highest BCUT2D eigenvalue weighted by atomic mass is 16.1. The van der Waals surface area contributed by atoms with Gasteiger partial charge in [0, 0.05) is 30.4 Å². The van der Waals surface area contributed by atoms with Crippen LogP contribution in [0.3, 0.4) is 0 Å². The first-order valence-corrected chi connectivity index (χ1v) is 6.62. The summed E-state index contributed by atoms with van der Waals surface area (Å²) in [5, 5.41) is 5.86. The predicted octanol–water partition coefficient (Wildman–Crippen LogP) is 2.38. The van der Waals surface area contributed by atoms with Crippen LogP contribution in [0.15, 0.2) is 24.3 Å². The molecule has 2 N–H and O–H groups in total. The standard InChI is InChI=1S/C15H16N4O/c1-9-7-13(19-15(16-2)17-9)11-3-5-12-10(8-11)4-6-14(20)18-12/h3,5,7-8H,4,6H2,1-2H3,(H,18,20)(H,16,17,19). The molecule has 5 nitrogen and oxygen atoms in total. The molecule has 0 saturated heterocycles. The van der Waals surface area contributed by atoms with Crippen LogP contribution >= 0.6 is 0 Å². The number of anilines is 2. The molecule has 0 fully saturated rings. The van der Waals surface area contributed by atoms with Crippen molar-refractivity contribution in [1.29, 1.82) is 0 Å². The quantitative estimate of drug-likeness (QED) is 0.877. The maximum Gasteiger partial charge on any atom is 0.224 e. The van der Waals surface area contributed by atoms with Gasteiger partial charge in [0.15, 0.2) is 0 Å². The van der Waals surface area contributed by atoms with Crippen LogP contribution in [0, 0.1) is 6.92 Å². The Morgan fingerprint density at radius 3 is 2.85 bits per heavy atom. The predicted molar refractivity (Wildman–Crippen MR) is 78.7 cm³/mol. The van der Waals surface area contributed by atoms with E-state index < -0.39 is 0 Å². The number of hydrogen-bond acceptors (Lipinski definition) is 4. The van der Waals surface area contributed by atoms with Gasteiger partial charge < -0.3 is 10.6 Å². The van der Waals surface area contributed by atoms with Gasteiger partial charge in [-0.1, -0.05) is 6.07 Å². The van der Waals surface area contributed by atoms with Crippen LogP contribution < -0.4 is 10.6 Å². The molecule has 0 aliphatic carbocycles. The van der Waals surface area contributed by atoms with Crippen molar-refractivity contribution < 1.29 is 4.79 Å². The maximum absolute atomic E-state index is 11.4. The van der Waals surface area contributed by atoms with Crippen LogP contribution in [0.5, 0.6) is 0 Å². The van der Waals surface area contributed by atoms with E-state index in [0.717, 1.165) is 34.6 Å². The Balaban J connectivity index is 2.03. The highest BCUT2D eigenvalue weighted by Crippen LogP contribution is 2.28. The minimum Gasteiger partial charge on any atom is -0.357 e. The molecular weight excluding hydrogens is 252 g/mol. The molecule has 1 aromatic carbocycles. The number of nitrogens with one attached hydrogen (secondary N) is 2. The van der Waals surface area contributed by atoms with Crippen LogP contribution in [-0.2, 0) is 11.2 Å². The van der Waals surface area contributed by atoms with Gasteiger partial charge in [-0.2, -0.15) is 0 Å². The second-order valence-corrected chi connectivity index (χ2v) is 4.89. The molecule has 0 unspecified atom stereocenters. The molecule has 0 atom stereocenters. The van der Waals surface area contributed by atoms with Crippen molar-refractivity contribution in [2.24, 2.45) is 0 Å². The van der Waals surface area contributed by atoms with E-state index in [1.807, 2.05) is 25.1 Å². The Morgan fingerprint density at radius 1 is 1.20 bits per heavy atom. The van der Waals surface area contributed by atoms with Crippen molar-refractivity contribution in [2.45, 2.75) is 19.8 Å². The highest BCUT2D eigenvalue weighted by molar-refractivity contribution is 5.94. The van der Waals surface area contributed by atoms with Crippen molar-refractivity contribution in [3.05, 3.63) is 35.5 Å². The summed E-state index contributed by atoms with van der Waals surface area (Å²) < 4.78 is 0. The summed E-state index contributed by atoms with van der Waals surface area (Å²) in [6.45, 7) is 1.95. The summed E-state index contributed by atoms with van der Waals surface area (Å²) >= 11 is 0. The Labute approximate surface area is 117 Å². The number of carbonyl (C=O) groups is 1. The van der Waals surface area contributed by atoms with Gasteiger partial charge in [-0.3, -0.25) is 4.79 Å². The summed E-state index contributed by atoms with van der Waals surface area (Å²) in [5.41, 5.74) is 4.92. The molecule has 0 spiro atoms. The number of aryl methyl sites for hydroxylation is 2. The molecule has 102 valence electrons. The fourth-order valence-corrected chi connectivity index (χ4v) is 2.37. The molecule has 1 aliphatic rings. The first-order chi connectivity index (χ1) is 9.65. The van der Waals surface area contributed by atoms with E-state index in [1.165, 1.54) is 0 Å². The Bertz CT molecular complexity index is 682. The summed E-state index contributed by atoms with van der Waals surface area (Å²) in [6.07, 6.45) is 1.32. The highest BCUT2D eigenvalue weighted by Gasteiger charge is 2.15. The topological polar surface area (TPSA) is 66.9 Å². The van der Waals surface area contributed by atoms with Crippen LogP contribution in [0.25, 0.3) is 11.3 Å². The first-order valence-electron chi connectivity index (χ1n) is 6.62. The molecule has 20 heavy (non-hydrogen) atoms. The zero-order valence-electron chi connectivity index (χ0n) is 11.5. The SMILES string of the molecule is CNc1nc(C)cc(-c2ccc3c(c2)CCC(=O)N3)n1. The van der Waals surface area contributed by atoms with Crippen molar-refractivity contribution in [3.63, 3.8) is 0 Å². The Hall–Kier alpha value is -2.43. The number of fused-ring (bicyclic) bond motifs is 1. The molecule has 1 amide bonds. The molecule has 3 rings (SSSR count). The van der Waals surface area contributed by atoms with E-state index in [-0.39, 0.29) is 5.91 Å². The van der Waals surface area contributed by atoms with Crippen molar-refractivity contribution in [2.75, 3.05) is 17.7 Å². The summed E-state index contributed by atoms with van der Waals surface area (Å²) in [7, 11) is 1.81. The molecule has 0 saturated carbocycles. The minimum atomic E-state index is 0.0839. The van der Waals surface area contributed by atoms with Gasteiger partial charge in [-0.25, -0.2) is 9.97 Å². The van der Waals surface area contributed by atoms with Gasteiger partial charge in [0.2, 0.25) is 11.9 Å². The lowest BCUT2D eigenvalue weighted by Crippen LogP contribution is -2.18. The van der Waals surface area contributed by atoms with Crippen molar-refractivity contribution in [1.82, 2.24) is 9.97 Å². The Kier molecular flexibility index (Phi) is 3.10. The number of aromatic nitrogens is 2. The van der Waals surface area contributed by atoms with Crippen LogP contribution in [0.2, 0.25) is 0 Å². The number of nitrogens with zero attached hydrogens (tertiary/aromatic N) is 2. The van der Waals surface area contributed by atoms with Crippen LogP contribution in [-0.4, -0.2) is 22.9 Å². The summed E-state index contributed by atoms with van der Waals surface area (Å²) in [4.78, 5) is 20.1. The second-order valence-electron chi connectivity index (χ2n) is 4.89. The number of carbonyl (C=O) groups excluding carboxylic acids is 1. The Morgan fingerprint density at radius 2 is 2.05 bits per heavy atom. The lowest BCUT2D eigenvalue weighted by Gasteiger charge is -2.17. The third-order valence-electron chi connectivity index (χ3n) is 3.37. The van der Waals surface area contributed by atoms with E-state index in [2.05, 4.69) is 26.7 Å². The van der Waals surface area contributed by atoms with Gasteiger partial charge in [0.05, 0.1) is 5.69 Å². The third kappa shape index (κ3) is 2.34. The number of amides is 1. The van der Waals surface area contributed by atoms with E-state index in [1.54, 1.807) is 7.05 Å². The first kappa shape index (κ1) is 12.6. The molecule has 0 radical (unpaired) electrons. The second kappa shape index (κ2) is 4.92. The normalized spacial score (nSPS) is 13.6. The van der Waals surface area contributed by atoms with E-state index in [0.29, 0.717) is 12.4 Å². The maximum atomic E-state index is 11.4. The molecule has 2 aromatic rings. The number of hydrogen-bond donors (Lipinski definition) is 2. The summed E-state index contributed by atoms with van der Waals surface area (Å²) in [6, 6.07) is 7.98. The smallest absolute Gasteiger partial charge is 0.224 e. The molecule has 1 aliphatic heterocycles. The number of benzene rings is 1. The van der Waals surface area contributed by atoms with Crippen molar-refractivity contribution in [3.8, 4) is 11.3 Å². The fourth-order valence-electron chi connectivity index (χ4n) is 2.37. The third-order valence-corrected chi connectivity index (χ3v) is 3.37. The zero-order chi connectivity index (χ0) is 14.1. The van der Waals surface area contributed by atoms with Gasteiger partial charge in [0.25, 0.3) is 0 Å².